The monoisotopic (exact) mass is 189 g/mol. The summed E-state index contributed by atoms with van der Waals surface area (Å²) in [6, 6.07) is 7.59. The number of rotatable bonds is 3. The minimum atomic E-state index is -0.316. The quantitative estimate of drug-likeness (QED) is 0.570. The maximum absolute atomic E-state index is 5.64. The van der Waals surface area contributed by atoms with E-state index in [9.17, 15) is 0 Å². The number of hydrogen-bond donors (Lipinski definition) is 2. The van der Waals surface area contributed by atoms with Gasteiger partial charge in [-0.15, -0.1) is 0 Å². The predicted molar refractivity (Wildman–Crippen MR) is 55.8 cm³/mol. The fourth-order valence-corrected chi connectivity index (χ4v) is 1.21. The van der Waals surface area contributed by atoms with E-state index < -0.39 is 0 Å². The smallest absolute Gasteiger partial charge is 0.178 e. The number of nitrogens with two attached hydrogens (primary N) is 1. The molecule has 0 bridgehead atoms. The second-order valence-electron chi connectivity index (χ2n) is 2.93. The molecular weight excluding hydrogens is 178 g/mol. The molecule has 2 aromatic rings. The van der Waals surface area contributed by atoms with Gasteiger partial charge in [-0.05, 0) is 12.1 Å². The molecule has 3 N–H and O–H groups in total. The third-order valence-corrected chi connectivity index (χ3v) is 1.93. The van der Waals surface area contributed by atoms with Crippen LogP contribution >= 0.6 is 0 Å². The molecule has 72 valence electrons. The van der Waals surface area contributed by atoms with Crippen molar-refractivity contribution >= 4 is 16.8 Å². The molecule has 0 aliphatic rings. The van der Waals surface area contributed by atoms with Crippen molar-refractivity contribution in [1.82, 2.24) is 5.16 Å². The Labute approximate surface area is 81.4 Å². The summed E-state index contributed by atoms with van der Waals surface area (Å²) in [5.74, 6) is 0.646. The first-order valence-corrected chi connectivity index (χ1v) is 4.30. The second kappa shape index (κ2) is 3.51. The summed E-state index contributed by atoms with van der Waals surface area (Å²) in [4.78, 5) is 0. The maximum atomic E-state index is 5.64. The third-order valence-electron chi connectivity index (χ3n) is 1.93. The van der Waals surface area contributed by atoms with Crippen LogP contribution < -0.4 is 11.1 Å². The zero-order valence-corrected chi connectivity index (χ0v) is 7.60. The van der Waals surface area contributed by atoms with E-state index in [1.807, 2.05) is 24.3 Å². The number of nitrogens with one attached hydrogen (secondary N) is 1. The Morgan fingerprint density at radius 2 is 2.29 bits per heavy atom. The summed E-state index contributed by atoms with van der Waals surface area (Å²) in [6.45, 7) is 3.58. The molecule has 1 aromatic heterocycles. The summed E-state index contributed by atoms with van der Waals surface area (Å²) in [5.41, 5.74) is 6.39. The van der Waals surface area contributed by atoms with Gasteiger partial charge >= 0.3 is 0 Å². The molecule has 1 unspecified atom stereocenters. The minimum absolute atomic E-state index is 0.316. The Balaban J connectivity index is 2.38. The van der Waals surface area contributed by atoms with Crippen LogP contribution in [0, 0.1) is 0 Å². The van der Waals surface area contributed by atoms with Gasteiger partial charge in [-0.25, -0.2) is 0 Å². The zero-order valence-electron chi connectivity index (χ0n) is 7.60. The van der Waals surface area contributed by atoms with Crippen LogP contribution in [0.5, 0.6) is 0 Å². The van der Waals surface area contributed by atoms with Crippen molar-refractivity contribution < 1.29 is 4.52 Å². The number of nitrogens with zero attached hydrogens (tertiary/aromatic N) is 1. The third kappa shape index (κ3) is 1.47. The Bertz CT molecular complexity index is 449. The van der Waals surface area contributed by atoms with Crippen molar-refractivity contribution in [2.75, 3.05) is 5.32 Å². The molecule has 0 saturated heterocycles. The lowest BCUT2D eigenvalue weighted by atomic mass is 10.2. The molecule has 0 saturated carbocycles. The van der Waals surface area contributed by atoms with Crippen molar-refractivity contribution in [2.24, 2.45) is 5.73 Å². The topological polar surface area (TPSA) is 64.1 Å². The second-order valence-corrected chi connectivity index (χ2v) is 2.93. The number of hydrogen-bond acceptors (Lipinski definition) is 4. The number of fused-ring (bicyclic) bond motifs is 1. The van der Waals surface area contributed by atoms with Gasteiger partial charge in [-0.3, -0.25) is 0 Å². The average Bonchev–Trinajstić information content (AvgIpc) is 2.62. The van der Waals surface area contributed by atoms with E-state index in [1.54, 1.807) is 6.08 Å². The molecule has 0 aliphatic heterocycles. The van der Waals surface area contributed by atoms with Gasteiger partial charge in [0.1, 0.15) is 0 Å². The Morgan fingerprint density at radius 1 is 1.50 bits per heavy atom. The van der Waals surface area contributed by atoms with Gasteiger partial charge in [0, 0.05) is 0 Å². The first-order valence-electron chi connectivity index (χ1n) is 4.30. The lowest BCUT2D eigenvalue weighted by Gasteiger charge is -2.06. The molecule has 0 spiro atoms. The van der Waals surface area contributed by atoms with Crippen LogP contribution in [0.1, 0.15) is 0 Å². The van der Waals surface area contributed by atoms with Gasteiger partial charge in [-0.2, -0.15) is 0 Å². The zero-order chi connectivity index (χ0) is 9.97. The molecule has 4 heteroatoms. The van der Waals surface area contributed by atoms with E-state index in [2.05, 4.69) is 17.1 Å². The van der Waals surface area contributed by atoms with E-state index in [1.165, 1.54) is 0 Å². The van der Waals surface area contributed by atoms with Crippen LogP contribution in [-0.2, 0) is 0 Å². The van der Waals surface area contributed by atoms with Gasteiger partial charge in [0.15, 0.2) is 11.4 Å². The highest BCUT2D eigenvalue weighted by molar-refractivity contribution is 5.87. The number of para-hydroxylation sites is 1. The molecule has 4 nitrogen and oxygen atoms in total. The van der Waals surface area contributed by atoms with E-state index in [4.69, 9.17) is 10.3 Å². The minimum Gasteiger partial charge on any atom is -0.354 e. The fraction of sp³-hybridized carbons (Fsp3) is 0.100. The van der Waals surface area contributed by atoms with Crippen LogP contribution in [0.2, 0.25) is 0 Å². The van der Waals surface area contributed by atoms with Crippen LogP contribution in [0.25, 0.3) is 11.0 Å². The summed E-state index contributed by atoms with van der Waals surface area (Å²) >= 11 is 0. The normalized spacial score (nSPS) is 12.6. The molecule has 0 amide bonds. The van der Waals surface area contributed by atoms with Gasteiger partial charge in [-0.1, -0.05) is 29.9 Å². The van der Waals surface area contributed by atoms with Gasteiger partial charge < -0.3 is 15.6 Å². The molecule has 1 atom stereocenters. The summed E-state index contributed by atoms with van der Waals surface area (Å²) < 4.78 is 5.09. The molecule has 2 rings (SSSR count). The Morgan fingerprint density at radius 3 is 3.07 bits per heavy atom. The molecule has 14 heavy (non-hydrogen) atoms. The Kier molecular flexibility index (Phi) is 2.20. The number of aromatic nitrogens is 1. The molecular formula is C10H11N3O. The summed E-state index contributed by atoms with van der Waals surface area (Å²) in [5, 5.41) is 7.76. The molecule has 0 radical (unpaired) electrons. The fourth-order valence-electron chi connectivity index (χ4n) is 1.21. The van der Waals surface area contributed by atoms with Crippen molar-refractivity contribution in [2.45, 2.75) is 6.17 Å². The standard InChI is InChI=1S/C10H11N3O/c1-2-9(11)12-10-7-5-3-4-6-8(7)14-13-10/h2-6,9H,1,11H2,(H,12,13). The SMILES string of the molecule is C=CC(N)Nc1noc2ccccc12. The first kappa shape index (κ1) is 8.77. The predicted octanol–water partition coefficient (Wildman–Crippen LogP) is 1.71. The Hall–Kier alpha value is -1.81. The van der Waals surface area contributed by atoms with E-state index in [-0.39, 0.29) is 6.17 Å². The van der Waals surface area contributed by atoms with Crippen LogP contribution in [0.3, 0.4) is 0 Å². The van der Waals surface area contributed by atoms with Gasteiger partial charge in [0.05, 0.1) is 11.6 Å². The van der Waals surface area contributed by atoms with E-state index in [0.29, 0.717) is 5.82 Å². The maximum Gasteiger partial charge on any atom is 0.178 e. The van der Waals surface area contributed by atoms with Crippen molar-refractivity contribution in [1.29, 1.82) is 0 Å². The van der Waals surface area contributed by atoms with Crippen LogP contribution in [-0.4, -0.2) is 11.3 Å². The highest BCUT2D eigenvalue weighted by atomic mass is 16.5. The van der Waals surface area contributed by atoms with Crippen molar-refractivity contribution in [3.8, 4) is 0 Å². The van der Waals surface area contributed by atoms with E-state index in [0.717, 1.165) is 11.0 Å². The van der Waals surface area contributed by atoms with Crippen molar-refractivity contribution in [3.05, 3.63) is 36.9 Å². The largest absolute Gasteiger partial charge is 0.354 e. The molecule has 1 heterocycles. The van der Waals surface area contributed by atoms with Gasteiger partial charge in [0.2, 0.25) is 0 Å². The summed E-state index contributed by atoms with van der Waals surface area (Å²) in [7, 11) is 0. The molecule has 1 aromatic carbocycles. The van der Waals surface area contributed by atoms with Crippen LogP contribution in [0.4, 0.5) is 5.82 Å². The molecule has 0 aliphatic carbocycles. The average molecular weight is 189 g/mol. The summed E-state index contributed by atoms with van der Waals surface area (Å²) in [6.07, 6.45) is 1.28. The lowest BCUT2D eigenvalue weighted by Crippen LogP contribution is -2.26. The number of benzene rings is 1. The molecule has 0 fully saturated rings. The van der Waals surface area contributed by atoms with Crippen LogP contribution in [0.15, 0.2) is 41.4 Å². The van der Waals surface area contributed by atoms with Gasteiger partial charge in [0.25, 0.3) is 0 Å². The first-order chi connectivity index (χ1) is 6.81. The highest BCUT2D eigenvalue weighted by Gasteiger charge is 2.07. The lowest BCUT2D eigenvalue weighted by molar-refractivity contribution is 0.459. The van der Waals surface area contributed by atoms with E-state index >= 15 is 0 Å². The number of anilines is 1. The van der Waals surface area contributed by atoms with Crippen molar-refractivity contribution in [3.63, 3.8) is 0 Å². The highest BCUT2D eigenvalue weighted by Crippen LogP contribution is 2.21.